The molecule has 2 rings (SSSR count). The van der Waals surface area contributed by atoms with E-state index in [2.05, 4.69) is 48.2 Å². The maximum atomic E-state index is 5.72. The second-order valence-electron chi connectivity index (χ2n) is 5.27. The minimum atomic E-state index is 0.258. The van der Waals surface area contributed by atoms with Gasteiger partial charge in [0.15, 0.2) is 0 Å². The van der Waals surface area contributed by atoms with Crippen LogP contribution in [0.3, 0.4) is 0 Å². The van der Waals surface area contributed by atoms with Crippen LogP contribution in [0.25, 0.3) is 0 Å². The highest BCUT2D eigenvalue weighted by molar-refractivity contribution is 5.38. The number of morpholine rings is 1. The van der Waals surface area contributed by atoms with Crippen LogP contribution in [0.2, 0.25) is 0 Å². The summed E-state index contributed by atoms with van der Waals surface area (Å²) in [5.74, 6) is 1.48. The second kappa shape index (κ2) is 6.16. The van der Waals surface area contributed by atoms with Gasteiger partial charge in [-0.2, -0.15) is 0 Å². The van der Waals surface area contributed by atoms with E-state index < -0.39 is 0 Å². The molecule has 0 aliphatic carbocycles. The normalized spacial score (nSPS) is 21.2. The lowest BCUT2D eigenvalue weighted by atomic mass is 10.1. The number of nitrogens with zero attached hydrogens (tertiary/aromatic N) is 2. The second-order valence-corrected chi connectivity index (χ2v) is 5.27. The first-order valence-corrected chi connectivity index (χ1v) is 6.65. The van der Waals surface area contributed by atoms with Gasteiger partial charge in [-0.25, -0.2) is 4.98 Å². The van der Waals surface area contributed by atoms with Gasteiger partial charge >= 0.3 is 0 Å². The van der Waals surface area contributed by atoms with Crippen LogP contribution in [-0.2, 0) is 4.74 Å². The summed E-state index contributed by atoms with van der Waals surface area (Å²) < 4.78 is 5.72. The standard InChI is InChI=1S/C14H23N3O/c1-11(2)12-4-5-15-14(8-12)16-9-13-10-17(3)6-7-18-13/h4-5,8,11,13H,6-7,9-10H2,1-3H3,(H,15,16). The van der Waals surface area contributed by atoms with E-state index in [-0.39, 0.29) is 6.10 Å². The van der Waals surface area contributed by atoms with Crippen LogP contribution in [0.1, 0.15) is 25.3 Å². The highest BCUT2D eigenvalue weighted by atomic mass is 16.5. The fourth-order valence-electron chi connectivity index (χ4n) is 2.11. The first-order chi connectivity index (χ1) is 8.65. The van der Waals surface area contributed by atoms with Crippen molar-refractivity contribution in [2.75, 3.05) is 38.6 Å². The Labute approximate surface area is 109 Å². The van der Waals surface area contributed by atoms with Crippen molar-refractivity contribution in [3.8, 4) is 0 Å². The molecule has 1 aliphatic heterocycles. The maximum absolute atomic E-state index is 5.72. The monoisotopic (exact) mass is 249 g/mol. The average Bonchev–Trinajstić information content (AvgIpc) is 2.37. The molecule has 2 heterocycles. The van der Waals surface area contributed by atoms with E-state index in [4.69, 9.17) is 4.74 Å². The molecule has 1 aromatic heterocycles. The lowest BCUT2D eigenvalue weighted by Gasteiger charge is -2.30. The lowest BCUT2D eigenvalue weighted by Crippen LogP contribution is -2.43. The van der Waals surface area contributed by atoms with E-state index in [0.717, 1.165) is 32.1 Å². The van der Waals surface area contributed by atoms with Crippen LogP contribution < -0.4 is 5.32 Å². The summed E-state index contributed by atoms with van der Waals surface area (Å²) in [5, 5.41) is 3.37. The van der Waals surface area contributed by atoms with Gasteiger partial charge in [0.05, 0.1) is 12.7 Å². The van der Waals surface area contributed by atoms with E-state index in [0.29, 0.717) is 5.92 Å². The van der Waals surface area contributed by atoms with E-state index in [1.54, 1.807) is 0 Å². The van der Waals surface area contributed by atoms with Crippen molar-refractivity contribution in [2.24, 2.45) is 0 Å². The van der Waals surface area contributed by atoms with Crippen molar-refractivity contribution in [3.63, 3.8) is 0 Å². The number of likely N-dealkylation sites (N-methyl/N-ethyl adjacent to an activating group) is 1. The third-order valence-corrected chi connectivity index (χ3v) is 3.30. The molecule has 1 fully saturated rings. The number of anilines is 1. The quantitative estimate of drug-likeness (QED) is 0.885. The SMILES string of the molecule is CC(C)c1ccnc(NCC2CN(C)CCO2)c1. The van der Waals surface area contributed by atoms with E-state index in [1.807, 2.05) is 6.20 Å². The summed E-state index contributed by atoms with van der Waals surface area (Å²) in [6.07, 6.45) is 2.12. The molecule has 0 bridgehead atoms. The summed E-state index contributed by atoms with van der Waals surface area (Å²) in [6.45, 7) is 8.03. The Bertz CT molecular complexity index is 381. The summed E-state index contributed by atoms with van der Waals surface area (Å²) >= 11 is 0. The first kappa shape index (κ1) is 13.3. The number of aromatic nitrogens is 1. The minimum Gasteiger partial charge on any atom is -0.374 e. The van der Waals surface area contributed by atoms with Crippen LogP contribution in [0.5, 0.6) is 0 Å². The number of pyridine rings is 1. The van der Waals surface area contributed by atoms with Gasteiger partial charge in [0.2, 0.25) is 0 Å². The Morgan fingerprint density at radius 1 is 1.56 bits per heavy atom. The third kappa shape index (κ3) is 3.68. The number of rotatable bonds is 4. The van der Waals surface area contributed by atoms with Gasteiger partial charge in [0, 0.05) is 25.8 Å². The van der Waals surface area contributed by atoms with Gasteiger partial charge in [0.1, 0.15) is 5.82 Å². The molecule has 1 saturated heterocycles. The fraction of sp³-hybridized carbons (Fsp3) is 0.643. The molecule has 1 N–H and O–H groups in total. The van der Waals surface area contributed by atoms with Crippen molar-refractivity contribution in [1.29, 1.82) is 0 Å². The van der Waals surface area contributed by atoms with Crippen LogP contribution in [0, 0.1) is 0 Å². The van der Waals surface area contributed by atoms with E-state index >= 15 is 0 Å². The van der Waals surface area contributed by atoms with E-state index in [9.17, 15) is 0 Å². The molecule has 100 valence electrons. The Morgan fingerprint density at radius 3 is 3.11 bits per heavy atom. The molecule has 18 heavy (non-hydrogen) atoms. The number of hydrogen-bond acceptors (Lipinski definition) is 4. The molecule has 0 radical (unpaired) electrons. The number of nitrogens with one attached hydrogen (secondary N) is 1. The van der Waals surface area contributed by atoms with Crippen molar-refractivity contribution >= 4 is 5.82 Å². The van der Waals surface area contributed by atoms with Crippen molar-refractivity contribution in [2.45, 2.75) is 25.9 Å². The zero-order chi connectivity index (χ0) is 13.0. The Kier molecular flexibility index (Phi) is 4.55. The van der Waals surface area contributed by atoms with Crippen molar-refractivity contribution in [3.05, 3.63) is 23.9 Å². The largest absolute Gasteiger partial charge is 0.374 e. The molecule has 0 amide bonds. The summed E-state index contributed by atoms with van der Waals surface area (Å²) in [5.41, 5.74) is 1.31. The van der Waals surface area contributed by atoms with Crippen molar-refractivity contribution < 1.29 is 4.74 Å². The maximum Gasteiger partial charge on any atom is 0.126 e. The number of ether oxygens (including phenoxy) is 1. The van der Waals surface area contributed by atoms with E-state index in [1.165, 1.54) is 5.56 Å². The van der Waals surface area contributed by atoms with Gasteiger partial charge in [-0.15, -0.1) is 0 Å². The van der Waals surface area contributed by atoms with Gasteiger partial charge in [-0.05, 0) is 30.7 Å². The first-order valence-electron chi connectivity index (χ1n) is 6.65. The van der Waals surface area contributed by atoms with Gasteiger partial charge in [0.25, 0.3) is 0 Å². The predicted octanol–water partition coefficient (Wildman–Crippen LogP) is 1.95. The highest BCUT2D eigenvalue weighted by Crippen LogP contribution is 2.16. The molecule has 0 saturated carbocycles. The third-order valence-electron chi connectivity index (χ3n) is 3.30. The molecular weight excluding hydrogens is 226 g/mol. The molecule has 1 atom stereocenters. The lowest BCUT2D eigenvalue weighted by molar-refractivity contribution is -0.0117. The zero-order valence-electron chi connectivity index (χ0n) is 11.5. The Morgan fingerprint density at radius 2 is 2.39 bits per heavy atom. The highest BCUT2D eigenvalue weighted by Gasteiger charge is 2.17. The van der Waals surface area contributed by atoms with Crippen molar-refractivity contribution in [1.82, 2.24) is 9.88 Å². The van der Waals surface area contributed by atoms with Crippen LogP contribution >= 0.6 is 0 Å². The van der Waals surface area contributed by atoms with Gasteiger partial charge in [-0.1, -0.05) is 13.8 Å². The molecule has 1 aliphatic rings. The molecule has 1 unspecified atom stereocenters. The molecular formula is C14H23N3O. The van der Waals surface area contributed by atoms with Gasteiger partial charge in [-0.3, -0.25) is 0 Å². The smallest absolute Gasteiger partial charge is 0.126 e. The summed E-state index contributed by atoms with van der Waals surface area (Å²) in [7, 11) is 2.13. The Hall–Kier alpha value is -1.13. The summed E-state index contributed by atoms with van der Waals surface area (Å²) in [4.78, 5) is 6.64. The number of hydrogen-bond donors (Lipinski definition) is 1. The van der Waals surface area contributed by atoms with Crippen LogP contribution in [-0.4, -0.2) is 49.3 Å². The fourth-order valence-corrected chi connectivity index (χ4v) is 2.11. The van der Waals surface area contributed by atoms with Gasteiger partial charge < -0.3 is 15.0 Å². The topological polar surface area (TPSA) is 37.4 Å². The minimum absolute atomic E-state index is 0.258. The zero-order valence-corrected chi connectivity index (χ0v) is 11.5. The molecule has 4 heteroatoms. The van der Waals surface area contributed by atoms with Crippen LogP contribution in [0.4, 0.5) is 5.82 Å². The summed E-state index contributed by atoms with van der Waals surface area (Å²) in [6, 6.07) is 4.19. The average molecular weight is 249 g/mol. The molecule has 4 nitrogen and oxygen atoms in total. The Balaban J connectivity index is 1.87. The molecule has 1 aromatic rings. The predicted molar refractivity (Wildman–Crippen MR) is 74.1 cm³/mol. The molecule has 0 spiro atoms. The van der Waals surface area contributed by atoms with Crippen LogP contribution in [0.15, 0.2) is 18.3 Å². The molecule has 0 aromatic carbocycles.